The summed E-state index contributed by atoms with van der Waals surface area (Å²) < 4.78 is 24.3. The zero-order chi connectivity index (χ0) is 20.6. The lowest BCUT2D eigenvalue weighted by molar-refractivity contribution is -0.129. The Morgan fingerprint density at radius 3 is 2.34 bits per heavy atom. The Morgan fingerprint density at radius 2 is 1.69 bits per heavy atom. The van der Waals surface area contributed by atoms with E-state index in [4.69, 9.17) is 9.47 Å². The smallest absolute Gasteiger partial charge is 0.241 e. The maximum atomic E-state index is 13.1. The van der Waals surface area contributed by atoms with E-state index in [1.165, 1.54) is 12.1 Å². The van der Waals surface area contributed by atoms with E-state index in [0.29, 0.717) is 32.1 Å². The minimum atomic E-state index is -0.242. The van der Waals surface area contributed by atoms with E-state index in [9.17, 15) is 9.18 Å². The molecule has 0 aliphatic carbocycles. The molecule has 2 aromatic rings. The van der Waals surface area contributed by atoms with Gasteiger partial charge in [-0.15, -0.1) is 0 Å². The number of hydrogen-bond acceptors (Lipinski definition) is 5. The number of nitrogens with zero attached hydrogens (tertiary/aromatic N) is 2. The van der Waals surface area contributed by atoms with Crippen LogP contribution in [0.2, 0.25) is 0 Å². The van der Waals surface area contributed by atoms with Crippen molar-refractivity contribution in [3.8, 4) is 11.5 Å². The molecule has 3 rings (SSSR count). The summed E-state index contributed by atoms with van der Waals surface area (Å²) >= 11 is 0. The van der Waals surface area contributed by atoms with Crippen molar-refractivity contribution in [1.82, 2.24) is 4.90 Å². The van der Waals surface area contributed by atoms with Crippen LogP contribution in [-0.4, -0.2) is 56.7 Å². The fraction of sp³-hybridized carbons (Fsp3) is 0.409. The van der Waals surface area contributed by atoms with E-state index in [2.05, 4.69) is 10.2 Å². The first-order valence-electron chi connectivity index (χ1n) is 10.0. The fourth-order valence-electron chi connectivity index (χ4n) is 3.33. The fourth-order valence-corrected chi connectivity index (χ4v) is 3.33. The molecule has 1 amide bonds. The molecule has 156 valence electrons. The van der Waals surface area contributed by atoms with Crippen molar-refractivity contribution in [1.29, 1.82) is 0 Å². The number of benzene rings is 2. The van der Waals surface area contributed by atoms with E-state index >= 15 is 0 Å². The van der Waals surface area contributed by atoms with Gasteiger partial charge >= 0.3 is 0 Å². The molecule has 0 atom stereocenters. The molecule has 1 N–H and O–H groups in total. The monoisotopic (exact) mass is 401 g/mol. The normalized spacial score (nSPS) is 13.9. The number of hydrogen-bond donors (Lipinski definition) is 1. The lowest BCUT2D eigenvalue weighted by Crippen LogP contribution is -2.50. The Hall–Kier alpha value is -2.96. The van der Waals surface area contributed by atoms with Crippen LogP contribution in [-0.2, 0) is 4.79 Å². The van der Waals surface area contributed by atoms with Crippen molar-refractivity contribution < 1.29 is 18.7 Å². The Morgan fingerprint density at radius 1 is 1.00 bits per heavy atom. The third-order valence-electron chi connectivity index (χ3n) is 4.82. The first-order valence-corrected chi connectivity index (χ1v) is 10.0. The molecule has 0 aromatic heterocycles. The molecule has 6 nitrogen and oxygen atoms in total. The number of carbonyl (C=O) groups is 1. The number of rotatable bonds is 8. The average molecular weight is 401 g/mol. The Labute approximate surface area is 171 Å². The summed E-state index contributed by atoms with van der Waals surface area (Å²) in [5.74, 6) is 1.23. The largest absolute Gasteiger partial charge is 0.494 e. The van der Waals surface area contributed by atoms with Crippen molar-refractivity contribution >= 4 is 17.3 Å². The number of nitrogens with one attached hydrogen (secondary N) is 1. The van der Waals surface area contributed by atoms with Crippen molar-refractivity contribution in [2.45, 2.75) is 13.8 Å². The van der Waals surface area contributed by atoms with Crippen molar-refractivity contribution in [3.05, 3.63) is 48.3 Å². The predicted molar refractivity (Wildman–Crippen MR) is 112 cm³/mol. The second-order valence-corrected chi connectivity index (χ2v) is 6.72. The molecule has 1 aliphatic rings. The quantitative estimate of drug-likeness (QED) is 0.735. The average Bonchev–Trinajstić information content (AvgIpc) is 2.74. The van der Waals surface area contributed by atoms with Crippen LogP contribution >= 0.6 is 0 Å². The van der Waals surface area contributed by atoms with Crippen LogP contribution in [0.25, 0.3) is 0 Å². The molecule has 0 saturated carbocycles. The summed E-state index contributed by atoms with van der Waals surface area (Å²) in [6, 6.07) is 12.0. The summed E-state index contributed by atoms with van der Waals surface area (Å²) in [5, 5.41) is 3.19. The lowest BCUT2D eigenvalue weighted by Gasteiger charge is -2.36. The number of amides is 1. The molecular weight excluding hydrogens is 373 g/mol. The molecule has 0 unspecified atom stereocenters. The van der Waals surface area contributed by atoms with E-state index in [-0.39, 0.29) is 18.3 Å². The molecule has 1 aliphatic heterocycles. The van der Waals surface area contributed by atoms with Gasteiger partial charge in [0.2, 0.25) is 5.91 Å². The van der Waals surface area contributed by atoms with Crippen molar-refractivity contribution in [3.63, 3.8) is 0 Å². The van der Waals surface area contributed by atoms with Gasteiger partial charge in [0.05, 0.1) is 25.4 Å². The van der Waals surface area contributed by atoms with E-state index < -0.39 is 0 Å². The zero-order valence-electron chi connectivity index (χ0n) is 17.0. The number of carbonyl (C=O) groups excluding carboxylic acids is 1. The molecule has 1 heterocycles. The second-order valence-electron chi connectivity index (χ2n) is 6.72. The number of piperazine rings is 1. The summed E-state index contributed by atoms with van der Waals surface area (Å²) in [7, 11) is 0. The van der Waals surface area contributed by atoms with Crippen molar-refractivity contribution in [2.24, 2.45) is 0 Å². The number of halogens is 1. The number of ether oxygens (including phenoxy) is 2. The third kappa shape index (κ3) is 5.53. The van der Waals surface area contributed by atoms with Gasteiger partial charge in [0, 0.05) is 37.9 Å². The van der Waals surface area contributed by atoms with Gasteiger partial charge in [-0.3, -0.25) is 4.79 Å². The SMILES string of the molecule is CCOc1ccc(OCC)c(NCC(=O)N2CCN(c3ccc(F)cc3)CC2)c1. The van der Waals surface area contributed by atoms with Gasteiger partial charge in [0.25, 0.3) is 0 Å². The maximum absolute atomic E-state index is 13.1. The van der Waals surface area contributed by atoms with E-state index in [1.54, 1.807) is 12.1 Å². The molecule has 0 radical (unpaired) electrons. The van der Waals surface area contributed by atoms with Crippen LogP contribution in [0.4, 0.5) is 15.8 Å². The highest BCUT2D eigenvalue weighted by atomic mass is 19.1. The molecular formula is C22H28FN3O3. The highest BCUT2D eigenvalue weighted by Crippen LogP contribution is 2.29. The second kappa shape index (κ2) is 10.0. The van der Waals surface area contributed by atoms with Crippen molar-refractivity contribution in [2.75, 3.05) is 56.2 Å². The minimum absolute atomic E-state index is 0.0352. The van der Waals surface area contributed by atoms with Crippen LogP contribution in [0.3, 0.4) is 0 Å². The van der Waals surface area contributed by atoms with Gasteiger partial charge in [-0.2, -0.15) is 0 Å². The van der Waals surface area contributed by atoms with Gasteiger partial charge in [-0.1, -0.05) is 0 Å². The molecule has 0 spiro atoms. The van der Waals surface area contributed by atoms with Gasteiger partial charge < -0.3 is 24.6 Å². The summed E-state index contributed by atoms with van der Waals surface area (Å²) in [6.45, 7) is 7.87. The Bertz CT molecular complexity index is 805. The van der Waals surface area contributed by atoms with Crippen LogP contribution in [0.5, 0.6) is 11.5 Å². The van der Waals surface area contributed by atoms with Crippen LogP contribution in [0.15, 0.2) is 42.5 Å². The highest BCUT2D eigenvalue weighted by molar-refractivity contribution is 5.82. The Kier molecular flexibility index (Phi) is 7.16. The first-order chi connectivity index (χ1) is 14.1. The first kappa shape index (κ1) is 20.8. The number of anilines is 2. The zero-order valence-corrected chi connectivity index (χ0v) is 17.0. The molecule has 29 heavy (non-hydrogen) atoms. The van der Waals surface area contributed by atoms with Crippen LogP contribution in [0.1, 0.15) is 13.8 Å². The standard InChI is InChI=1S/C22H28FN3O3/c1-3-28-19-9-10-21(29-4-2)20(15-19)24-16-22(27)26-13-11-25(12-14-26)18-7-5-17(23)6-8-18/h5-10,15,24H,3-4,11-14,16H2,1-2H3. The molecule has 2 aromatic carbocycles. The maximum Gasteiger partial charge on any atom is 0.241 e. The molecule has 0 bridgehead atoms. The van der Waals surface area contributed by atoms with Crippen LogP contribution < -0.4 is 19.7 Å². The van der Waals surface area contributed by atoms with Gasteiger partial charge in [-0.25, -0.2) is 4.39 Å². The highest BCUT2D eigenvalue weighted by Gasteiger charge is 2.21. The minimum Gasteiger partial charge on any atom is -0.494 e. The predicted octanol–water partition coefficient (Wildman–Crippen LogP) is 3.38. The topological polar surface area (TPSA) is 54.0 Å². The van der Waals surface area contributed by atoms with Gasteiger partial charge in [-0.05, 0) is 50.2 Å². The lowest BCUT2D eigenvalue weighted by atomic mass is 10.2. The van der Waals surface area contributed by atoms with Gasteiger partial charge in [0.1, 0.15) is 17.3 Å². The van der Waals surface area contributed by atoms with E-state index in [0.717, 1.165) is 30.2 Å². The summed E-state index contributed by atoms with van der Waals surface area (Å²) in [6.07, 6.45) is 0. The van der Waals surface area contributed by atoms with Gasteiger partial charge in [0.15, 0.2) is 0 Å². The van der Waals surface area contributed by atoms with Crippen LogP contribution in [0, 0.1) is 5.82 Å². The van der Waals surface area contributed by atoms with E-state index in [1.807, 2.05) is 36.9 Å². The molecule has 1 fully saturated rings. The summed E-state index contributed by atoms with van der Waals surface area (Å²) in [4.78, 5) is 16.7. The summed E-state index contributed by atoms with van der Waals surface area (Å²) in [5.41, 5.74) is 1.72. The molecule has 7 heteroatoms. The Balaban J connectivity index is 1.54. The third-order valence-corrected chi connectivity index (χ3v) is 4.82. The molecule has 1 saturated heterocycles.